The lowest BCUT2D eigenvalue weighted by Crippen LogP contribution is -2.19. The van der Waals surface area contributed by atoms with Gasteiger partial charge < -0.3 is 5.11 Å². The molecule has 0 unspecified atom stereocenters. The summed E-state index contributed by atoms with van der Waals surface area (Å²) in [4.78, 5) is 0. The first-order valence-electron chi connectivity index (χ1n) is 4.95. The third-order valence-corrected chi connectivity index (χ3v) is 3.27. The van der Waals surface area contributed by atoms with Crippen LogP contribution in [0.4, 0.5) is 0 Å². The number of aliphatic hydroxyl groups is 1. The summed E-state index contributed by atoms with van der Waals surface area (Å²) < 4.78 is 11.3. The highest BCUT2D eigenvalue weighted by molar-refractivity contribution is 7.25. The van der Waals surface area contributed by atoms with E-state index in [1.54, 1.807) is 24.3 Å². The summed E-state index contributed by atoms with van der Waals surface area (Å²) in [7, 11) is -0.327. The van der Waals surface area contributed by atoms with Crippen LogP contribution in [-0.4, -0.2) is 5.11 Å². The van der Waals surface area contributed by atoms with Gasteiger partial charge in [-0.1, -0.05) is 60.7 Å². The molecule has 0 saturated heterocycles. The van der Waals surface area contributed by atoms with Crippen LogP contribution in [-0.2, 0) is 9.91 Å². The van der Waals surface area contributed by atoms with Gasteiger partial charge in [0.15, 0.2) is 5.34 Å². The minimum atomic E-state index is -1.46. The minimum Gasteiger partial charge on any atom is -0.370 e. The van der Waals surface area contributed by atoms with Gasteiger partial charge in [-0.15, -0.1) is 0 Å². The molecule has 2 nitrogen and oxygen atoms in total. The van der Waals surface area contributed by atoms with E-state index in [2.05, 4.69) is 0 Å². The zero-order valence-electron chi connectivity index (χ0n) is 8.58. The fourth-order valence-corrected chi connectivity index (χ4v) is 2.12. The van der Waals surface area contributed by atoms with Gasteiger partial charge in [-0.3, -0.25) is 4.57 Å². The van der Waals surface area contributed by atoms with Crippen LogP contribution in [0.2, 0.25) is 0 Å². The van der Waals surface area contributed by atoms with E-state index in [0.717, 1.165) is 0 Å². The van der Waals surface area contributed by atoms with E-state index >= 15 is 0 Å². The van der Waals surface area contributed by atoms with E-state index < -0.39 is 5.34 Å². The van der Waals surface area contributed by atoms with Crippen molar-refractivity contribution in [1.82, 2.24) is 0 Å². The number of rotatable bonds is 3. The van der Waals surface area contributed by atoms with Crippen LogP contribution in [0.25, 0.3) is 0 Å². The highest BCUT2D eigenvalue weighted by Gasteiger charge is 2.32. The number of hydrogen-bond donors (Lipinski definition) is 1. The second-order valence-electron chi connectivity index (χ2n) is 3.50. The fraction of sp³-hybridized carbons (Fsp3) is 0.0769. The fourth-order valence-electron chi connectivity index (χ4n) is 1.61. The topological polar surface area (TPSA) is 37.3 Å². The summed E-state index contributed by atoms with van der Waals surface area (Å²) in [5.74, 6) is 0. The SMILES string of the molecule is O=PC(O)(c1ccccc1)c1ccccc1. The molecule has 0 radical (unpaired) electrons. The molecular formula is C13H11O2P. The highest BCUT2D eigenvalue weighted by Crippen LogP contribution is 2.38. The van der Waals surface area contributed by atoms with Gasteiger partial charge in [0.2, 0.25) is 8.46 Å². The van der Waals surface area contributed by atoms with Crippen molar-refractivity contribution >= 4 is 8.46 Å². The van der Waals surface area contributed by atoms with Crippen LogP contribution in [0.3, 0.4) is 0 Å². The zero-order valence-corrected chi connectivity index (χ0v) is 9.47. The molecule has 16 heavy (non-hydrogen) atoms. The molecule has 0 aliphatic carbocycles. The molecule has 0 aromatic heterocycles. The summed E-state index contributed by atoms with van der Waals surface area (Å²) in [6.45, 7) is 0. The first kappa shape index (κ1) is 11.0. The molecule has 2 rings (SSSR count). The van der Waals surface area contributed by atoms with Crippen molar-refractivity contribution in [3.63, 3.8) is 0 Å². The van der Waals surface area contributed by atoms with Crippen LogP contribution in [0.1, 0.15) is 11.1 Å². The van der Waals surface area contributed by atoms with Gasteiger partial charge in [0.05, 0.1) is 0 Å². The van der Waals surface area contributed by atoms with Crippen molar-refractivity contribution in [3.05, 3.63) is 71.8 Å². The van der Waals surface area contributed by atoms with Crippen molar-refractivity contribution in [1.29, 1.82) is 0 Å². The minimum absolute atomic E-state index is 0.327. The maximum absolute atomic E-state index is 11.3. The number of benzene rings is 2. The first-order valence-corrected chi connectivity index (χ1v) is 5.76. The normalized spacial score (nSPS) is 11.6. The van der Waals surface area contributed by atoms with E-state index in [-0.39, 0.29) is 8.46 Å². The molecule has 0 bridgehead atoms. The summed E-state index contributed by atoms with van der Waals surface area (Å²) in [6.07, 6.45) is 0. The Morgan fingerprint density at radius 2 is 1.19 bits per heavy atom. The maximum Gasteiger partial charge on any atom is 0.200 e. The van der Waals surface area contributed by atoms with Crippen LogP contribution in [0.15, 0.2) is 60.7 Å². The Labute approximate surface area is 95.8 Å². The lowest BCUT2D eigenvalue weighted by Gasteiger charge is -2.21. The molecule has 0 aliphatic heterocycles. The summed E-state index contributed by atoms with van der Waals surface area (Å²) >= 11 is 0. The molecule has 0 atom stereocenters. The molecule has 80 valence electrons. The standard InChI is InChI=1S/C13H11O2P/c14-13(16-15,11-7-3-1-4-8-11)12-9-5-2-6-10-12/h1-10,14H. The van der Waals surface area contributed by atoms with Crippen molar-refractivity contribution in [2.75, 3.05) is 0 Å². The third-order valence-electron chi connectivity index (χ3n) is 2.48. The quantitative estimate of drug-likeness (QED) is 0.822. The molecule has 0 amide bonds. The van der Waals surface area contributed by atoms with E-state index in [0.29, 0.717) is 11.1 Å². The Morgan fingerprint density at radius 3 is 1.50 bits per heavy atom. The van der Waals surface area contributed by atoms with Crippen LogP contribution in [0.5, 0.6) is 0 Å². The second kappa shape index (κ2) is 4.56. The van der Waals surface area contributed by atoms with Crippen molar-refractivity contribution in [2.24, 2.45) is 0 Å². The Morgan fingerprint density at radius 1 is 0.812 bits per heavy atom. The molecule has 0 heterocycles. The van der Waals surface area contributed by atoms with Crippen molar-refractivity contribution in [2.45, 2.75) is 5.34 Å². The van der Waals surface area contributed by atoms with E-state index in [9.17, 15) is 9.67 Å². The second-order valence-corrected chi connectivity index (χ2v) is 4.33. The molecule has 2 aromatic rings. The third kappa shape index (κ3) is 1.90. The van der Waals surface area contributed by atoms with Gasteiger partial charge in [0, 0.05) is 0 Å². The van der Waals surface area contributed by atoms with Crippen LogP contribution in [0, 0.1) is 0 Å². The van der Waals surface area contributed by atoms with Gasteiger partial charge in [0.1, 0.15) is 0 Å². The maximum atomic E-state index is 11.3. The first-order chi connectivity index (χ1) is 7.77. The molecular weight excluding hydrogens is 219 g/mol. The Bertz CT molecular complexity index is 428. The van der Waals surface area contributed by atoms with Crippen molar-refractivity contribution in [3.8, 4) is 0 Å². The van der Waals surface area contributed by atoms with E-state index in [1.165, 1.54) is 0 Å². The molecule has 2 aromatic carbocycles. The molecule has 0 saturated carbocycles. The van der Waals surface area contributed by atoms with Gasteiger partial charge in [0.25, 0.3) is 0 Å². The van der Waals surface area contributed by atoms with E-state index in [1.807, 2.05) is 36.4 Å². The lowest BCUT2D eigenvalue weighted by molar-refractivity contribution is 0.173. The van der Waals surface area contributed by atoms with Gasteiger partial charge in [-0.05, 0) is 11.1 Å². The predicted octanol–water partition coefficient (Wildman–Crippen LogP) is 3.17. The van der Waals surface area contributed by atoms with Crippen LogP contribution >= 0.6 is 8.46 Å². The zero-order chi connectivity index (χ0) is 11.4. The van der Waals surface area contributed by atoms with E-state index in [4.69, 9.17) is 0 Å². The Hall–Kier alpha value is -1.50. The molecule has 0 fully saturated rings. The Balaban J connectivity index is 2.53. The van der Waals surface area contributed by atoms with Crippen LogP contribution < -0.4 is 0 Å². The summed E-state index contributed by atoms with van der Waals surface area (Å²) in [5, 5.41) is 8.98. The average Bonchev–Trinajstić information content (AvgIpc) is 2.40. The molecule has 0 aliphatic rings. The summed E-state index contributed by atoms with van der Waals surface area (Å²) in [5.41, 5.74) is 1.25. The van der Waals surface area contributed by atoms with Gasteiger partial charge >= 0.3 is 0 Å². The molecule has 1 N–H and O–H groups in total. The smallest absolute Gasteiger partial charge is 0.200 e. The van der Waals surface area contributed by atoms with Crippen molar-refractivity contribution < 1.29 is 9.67 Å². The largest absolute Gasteiger partial charge is 0.370 e. The van der Waals surface area contributed by atoms with Gasteiger partial charge in [-0.25, -0.2) is 0 Å². The van der Waals surface area contributed by atoms with Gasteiger partial charge in [-0.2, -0.15) is 0 Å². The lowest BCUT2D eigenvalue weighted by atomic mass is 10.0. The molecule has 0 spiro atoms. The monoisotopic (exact) mass is 230 g/mol. The molecule has 3 heteroatoms. The predicted molar refractivity (Wildman–Crippen MR) is 63.5 cm³/mol. The summed E-state index contributed by atoms with van der Waals surface area (Å²) in [6, 6.07) is 18.0. The Kier molecular flexibility index (Phi) is 3.14. The number of hydrogen-bond acceptors (Lipinski definition) is 2. The average molecular weight is 230 g/mol. The highest BCUT2D eigenvalue weighted by atomic mass is 31.1.